The molecule has 2 atom stereocenters. The van der Waals surface area contributed by atoms with Gasteiger partial charge in [-0.05, 0) is 112 Å². The molecule has 2 heterocycles. The summed E-state index contributed by atoms with van der Waals surface area (Å²) in [5.74, 6) is -1.30. The number of ether oxygens (including phenoxy) is 1. The molecule has 0 radical (unpaired) electrons. The summed E-state index contributed by atoms with van der Waals surface area (Å²) in [6, 6.07) is 13.7. The molecule has 14 heteroatoms. The predicted octanol–water partition coefficient (Wildman–Crippen LogP) is 8.83. The normalized spacial score (nSPS) is 28.0. The zero-order valence-electron chi connectivity index (χ0n) is 28.7. The van der Waals surface area contributed by atoms with Crippen LogP contribution in [0, 0.1) is 36.5 Å². The molecular weight excluding hydrogens is 694 g/mol. The molecule has 3 aromatic rings. The second-order valence-corrected chi connectivity index (χ2v) is 17.2. The van der Waals surface area contributed by atoms with Crippen LogP contribution in [-0.4, -0.2) is 61.9 Å². The summed E-state index contributed by atoms with van der Waals surface area (Å²) in [6.07, 6.45) is -6.82. The number of aromatic nitrogens is 2. The molecule has 3 aliphatic carbocycles. The lowest BCUT2D eigenvalue weighted by molar-refractivity contribution is -0.194. The number of hydrogen-bond acceptors (Lipinski definition) is 6. The first-order chi connectivity index (χ1) is 23.9. The van der Waals surface area contributed by atoms with E-state index in [0.717, 1.165) is 29.5 Å². The van der Waals surface area contributed by atoms with Gasteiger partial charge in [0.1, 0.15) is 0 Å². The summed E-state index contributed by atoms with van der Waals surface area (Å²) in [5.41, 5.74) is 1.67. The van der Waals surface area contributed by atoms with E-state index in [0.29, 0.717) is 24.1 Å². The van der Waals surface area contributed by atoms with Crippen LogP contribution in [0.5, 0.6) is 5.88 Å². The van der Waals surface area contributed by atoms with E-state index in [9.17, 15) is 34.8 Å². The average molecular weight is 737 g/mol. The third-order valence-electron chi connectivity index (χ3n) is 11.9. The first-order valence-corrected chi connectivity index (χ1v) is 18.9. The van der Waals surface area contributed by atoms with E-state index < -0.39 is 46.0 Å². The highest BCUT2D eigenvalue weighted by molar-refractivity contribution is 7.92. The Balaban J connectivity index is 1.23. The van der Waals surface area contributed by atoms with Crippen LogP contribution in [0.2, 0.25) is 0 Å². The van der Waals surface area contributed by atoms with Crippen molar-refractivity contribution in [1.82, 2.24) is 14.9 Å². The van der Waals surface area contributed by atoms with E-state index in [4.69, 9.17) is 4.74 Å². The third kappa shape index (κ3) is 7.19. The molecule has 7 nitrogen and oxygen atoms in total. The fraction of sp³-hybridized carbons (Fsp3) is 0.568. The Labute approximate surface area is 294 Å². The van der Waals surface area contributed by atoms with Crippen molar-refractivity contribution in [2.45, 2.75) is 94.4 Å². The topological polar surface area (TPSA) is 84.4 Å². The second-order valence-electron chi connectivity index (χ2n) is 15.5. The Kier molecular flexibility index (Phi) is 8.91. The van der Waals surface area contributed by atoms with Gasteiger partial charge in [0.2, 0.25) is 11.8 Å². The largest absolute Gasteiger partial charge is 0.477 e. The van der Waals surface area contributed by atoms with Crippen LogP contribution in [0.3, 0.4) is 0 Å². The maximum Gasteiger partial charge on any atom is 0.394 e. The van der Waals surface area contributed by atoms with Gasteiger partial charge < -0.3 is 9.64 Å². The minimum Gasteiger partial charge on any atom is -0.477 e. The maximum atomic E-state index is 14.5. The van der Waals surface area contributed by atoms with Crippen LogP contribution in [-0.2, 0) is 10.0 Å². The van der Waals surface area contributed by atoms with E-state index in [1.807, 2.05) is 32.0 Å². The van der Waals surface area contributed by atoms with Gasteiger partial charge in [0.05, 0.1) is 29.0 Å². The van der Waals surface area contributed by atoms with Gasteiger partial charge in [-0.3, -0.25) is 0 Å². The van der Waals surface area contributed by atoms with Gasteiger partial charge in [-0.25, -0.2) is 18.1 Å². The highest BCUT2D eigenvalue weighted by atomic mass is 32.2. The number of alkyl halides is 6. The molecule has 51 heavy (non-hydrogen) atoms. The van der Waals surface area contributed by atoms with Crippen molar-refractivity contribution in [3.63, 3.8) is 0 Å². The summed E-state index contributed by atoms with van der Waals surface area (Å²) < 4.78 is 119. The van der Waals surface area contributed by atoms with Crippen molar-refractivity contribution in [3.8, 4) is 17.1 Å². The number of hydrogen-bond donors (Lipinski definition) is 1. The zero-order valence-corrected chi connectivity index (χ0v) is 29.6. The van der Waals surface area contributed by atoms with Gasteiger partial charge in [0.15, 0.2) is 0 Å². The number of halogens is 6. The lowest BCUT2D eigenvalue weighted by Gasteiger charge is -2.62. The van der Waals surface area contributed by atoms with Gasteiger partial charge in [-0.1, -0.05) is 30.3 Å². The molecule has 4 aliphatic rings. The Morgan fingerprint density at radius 1 is 0.941 bits per heavy atom. The minimum absolute atomic E-state index is 0.0151. The first-order valence-electron chi connectivity index (χ1n) is 17.4. The van der Waals surface area contributed by atoms with Crippen molar-refractivity contribution >= 4 is 16.0 Å². The standard InChI is InChI=1S/C37H42F6N4O3S/c1-22-6-4-7-23(2)31(22)29-15-30-45-33(44-29)46-51(48,49)28-9-5-8-24(14-28)32(26(21-50-30)18-35(10-11-35)37(41,42)43)25-16-34(17-25)19-27(20-34)47(3)13-12-36(38,39)40/h4-9,14-15,25-27,32H,10-13,16-21H2,1-3H3,(H,44,45,46)/t25?,26-,27?,32?,34?/m1/s1. The SMILES string of the molecule is Cc1cccc(C)c1-c1cc2nc(n1)NS(=O)(=O)c1cccc(c1)C(C1CC3(C1)CC(N(C)CCC(F)(F)F)C3)[C@H](CC1(C(F)(F)F)CC1)CO2. The molecule has 0 saturated heterocycles. The van der Waals surface area contributed by atoms with Crippen molar-refractivity contribution in [2.75, 3.05) is 24.9 Å². The lowest BCUT2D eigenvalue weighted by Crippen LogP contribution is -2.57. The highest BCUT2D eigenvalue weighted by Crippen LogP contribution is 2.67. The Morgan fingerprint density at radius 3 is 2.24 bits per heavy atom. The molecule has 1 unspecified atom stereocenters. The van der Waals surface area contributed by atoms with E-state index in [1.165, 1.54) is 6.07 Å². The monoisotopic (exact) mass is 736 g/mol. The lowest BCUT2D eigenvalue weighted by atomic mass is 9.46. The maximum absolute atomic E-state index is 14.5. The Hall–Kier alpha value is -3.39. The summed E-state index contributed by atoms with van der Waals surface area (Å²) >= 11 is 0. The summed E-state index contributed by atoms with van der Waals surface area (Å²) in [5, 5.41) is 0. The molecule has 3 saturated carbocycles. The molecule has 0 amide bonds. The molecule has 1 aliphatic heterocycles. The van der Waals surface area contributed by atoms with Crippen LogP contribution < -0.4 is 9.46 Å². The van der Waals surface area contributed by atoms with Gasteiger partial charge >= 0.3 is 12.4 Å². The quantitative estimate of drug-likeness (QED) is 0.244. The minimum atomic E-state index is -4.41. The van der Waals surface area contributed by atoms with Gasteiger partial charge in [-0.15, -0.1) is 0 Å². The number of rotatable bonds is 7. The smallest absolute Gasteiger partial charge is 0.394 e. The third-order valence-corrected chi connectivity index (χ3v) is 13.2. The number of nitrogens with one attached hydrogen (secondary N) is 1. The van der Waals surface area contributed by atoms with E-state index >= 15 is 0 Å². The van der Waals surface area contributed by atoms with Gasteiger partial charge in [0, 0.05) is 30.1 Å². The average Bonchev–Trinajstić information content (AvgIpc) is 3.79. The predicted molar refractivity (Wildman–Crippen MR) is 180 cm³/mol. The van der Waals surface area contributed by atoms with Crippen LogP contribution in [0.15, 0.2) is 53.4 Å². The van der Waals surface area contributed by atoms with Gasteiger partial charge in [0.25, 0.3) is 10.0 Å². The van der Waals surface area contributed by atoms with Crippen molar-refractivity contribution in [1.29, 1.82) is 0 Å². The fourth-order valence-electron chi connectivity index (χ4n) is 9.00. The van der Waals surface area contributed by atoms with Crippen molar-refractivity contribution in [3.05, 3.63) is 65.2 Å². The molecule has 2 aromatic carbocycles. The molecule has 7 rings (SSSR count). The number of sulfonamides is 1. The van der Waals surface area contributed by atoms with Crippen LogP contribution in [0.4, 0.5) is 32.3 Å². The number of fused-ring (bicyclic) bond motifs is 4. The molecule has 1 spiro atoms. The second kappa shape index (κ2) is 12.6. The first kappa shape index (κ1) is 36.0. The number of nitrogens with zero attached hydrogens (tertiary/aromatic N) is 3. The number of aryl methyl sites for hydroxylation is 2. The summed E-state index contributed by atoms with van der Waals surface area (Å²) in [7, 11) is -2.51. The van der Waals surface area contributed by atoms with E-state index in [1.54, 1.807) is 36.2 Å². The van der Waals surface area contributed by atoms with Crippen LogP contribution in [0.25, 0.3) is 11.3 Å². The fourth-order valence-corrected chi connectivity index (χ4v) is 10.0. The summed E-state index contributed by atoms with van der Waals surface area (Å²) in [6.45, 7) is 3.65. The zero-order chi connectivity index (χ0) is 36.6. The van der Waals surface area contributed by atoms with Crippen molar-refractivity contribution < 1.29 is 39.5 Å². The molecular formula is C37H42F6N4O3S. The molecule has 3 fully saturated rings. The Bertz CT molecular complexity index is 1880. The van der Waals surface area contributed by atoms with Gasteiger partial charge in [-0.2, -0.15) is 31.3 Å². The molecule has 1 N–H and O–H groups in total. The van der Waals surface area contributed by atoms with E-state index in [-0.39, 0.29) is 66.5 Å². The van der Waals surface area contributed by atoms with E-state index in [2.05, 4.69) is 14.7 Å². The highest BCUT2D eigenvalue weighted by Gasteiger charge is 2.65. The molecule has 276 valence electrons. The summed E-state index contributed by atoms with van der Waals surface area (Å²) in [4.78, 5) is 10.6. The van der Waals surface area contributed by atoms with Crippen molar-refractivity contribution in [2.24, 2.45) is 22.7 Å². The van der Waals surface area contributed by atoms with Crippen LogP contribution >= 0.6 is 0 Å². The molecule has 4 bridgehead atoms. The number of anilines is 1. The Morgan fingerprint density at radius 2 is 1.61 bits per heavy atom. The van der Waals surface area contributed by atoms with Crippen LogP contribution in [0.1, 0.15) is 74.0 Å². The number of benzene rings is 2. The molecule has 1 aromatic heterocycles.